The molecule has 1 rings (SSSR count). The molecule has 0 aromatic rings. The molecule has 0 saturated carbocycles. The van der Waals surface area contributed by atoms with Gasteiger partial charge in [0.25, 0.3) is 0 Å². The molecule has 0 aromatic carbocycles. The minimum Gasteiger partial charge on any atom is -0.290 e. The Hall–Kier alpha value is 0.110. The van der Waals surface area contributed by atoms with Crippen molar-refractivity contribution in [3.05, 3.63) is 0 Å². The lowest BCUT2D eigenvalue weighted by Gasteiger charge is -2.17. The van der Waals surface area contributed by atoms with Crippen molar-refractivity contribution >= 4 is 7.82 Å². The third-order valence-corrected chi connectivity index (χ3v) is 2.96. The van der Waals surface area contributed by atoms with Gasteiger partial charge in [-0.15, -0.1) is 0 Å². The van der Waals surface area contributed by atoms with Crippen molar-refractivity contribution in [3.8, 4) is 0 Å². The van der Waals surface area contributed by atoms with Crippen molar-refractivity contribution in [3.63, 3.8) is 0 Å². The quantitative estimate of drug-likeness (QED) is 0.578. The molecule has 0 amide bonds. The molecule has 1 aliphatic heterocycles. The first-order valence-electron chi connectivity index (χ1n) is 3.72. The highest BCUT2D eigenvalue weighted by Crippen LogP contribution is 2.49. The summed E-state index contributed by atoms with van der Waals surface area (Å²) in [4.78, 5) is 0. The molecule has 5 heteroatoms. The zero-order valence-electron chi connectivity index (χ0n) is 6.62. The Kier molecular flexibility index (Phi) is 3.52. The van der Waals surface area contributed by atoms with Crippen molar-refractivity contribution in [2.24, 2.45) is 0 Å². The summed E-state index contributed by atoms with van der Waals surface area (Å²) in [7, 11) is -1.83. The number of phosphoric acid groups is 1. The van der Waals surface area contributed by atoms with Crippen LogP contribution in [0.3, 0.4) is 0 Å². The molecule has 1 saturated heterocycles. The summed E-state index contributed by atoms with van der Waals surface area (Å²) < 4.78 is 25.8. The van der Waals surface area contributed by atoms with Crippen molar-refractivity contribution in [1.29, 1.82) is 0 Å². The van der Waals surface area contributed by atoms with Gasteiger partial charge in [-0.05, 0) is 19.3 Å². The molecule has 0 spiro atoms. The van der Waals surface area contributed by atoms with E-state index in [9.17, 15) is 4.57 Å². The highest BCUT2D eigenvalue weighted by molar-refractivity contribution is 7.48. The Bertz CT molecular complexity index is 147. The van der Waals surface area contributed by atoms with Gasteiger partial charge in [0.1, 0.15) is 0 Å². The number of rotatable bonds is 1. The Morgan fingerprint density at radius 3 is 2.18 bits per heavy atom. The van der Waals surface area contributed by atoms with Gasteiger partial charge in [-0.2, -0.15) is 0 Å². The summed E-state index contributed by atoms with van der Waals surface area (Å²) in [6.07, 6.45) is 2.91. The fourth-order valence-electron chi connectivity index (χ4n) is 0.876. The van der Waals surface area contributed by atoms with Gasteiger partial charge in [0.2, 0.25) is 0 Å². The van der Waals surface area contributed by atoms with Gasteiger partial charge in [0, 0.05) is 7.11 Å². The van der Waals surface area contributed by atoms with Crippen LogP contribution >= 0.6 is 7.82 Å². The maximum Gasteiger partial charge on any atom is 0.474 e. The molecule has 0 unspecified atom stereocenters. The minimum atomic E-state index is -3.17. The molecule has 1 fully saturated rings. The fraction of sp³-hybridized carbons (Fsp3) is 1.00. The maximum atomic E-state index is 11.3. The van der Waals surface area contributed by atoms with Crippen molar-refractivity contribution < 1.29 is 18.1 Å². The molecular formula is C6H13O4P. The van der Waals surface area contributed by atoms with Gasteiger partial charge in [-0.1, -0.05) is 0 Å². The van der Waals surface area contributed by atoms with Crippen LogP contribution in [-0.4, -0.2) is 20.3 Å². The van der Waals surface area contributed by atoms with E-state index in [0.29, 0.717) is 13.2 Å². The van der Waals surface area contributed by atoms with E-state index in [1.165, 1.54) is 7.11 Å². The average molecular weight is 180 g/mol. The zero-order valence-corrected chi connectivity index (χ0v) is 7.51. The lowest BCUT2D eigenvalue weighted by atomic mass is 10.2. The molecule has 0 bridgehead atoms. The fourth-order valence-corrected chi connectivity index (χ4v) is 1.87. The van der Waals surface area contributed by atoms with Gasteiger partial charge in [0.05, 0.1) is 13.2 Å². The Balaban J connectivity index is 2.44. The highest BCUT2D eigenvalue weighted by atomic mass is 31.2. The summed E-state index contributed by atoms with van der Waals surface area (Å²) in [5, 5.41) is 0. The molecule has 4 nitrogen and oxygen atoms in total. The van der Waals surface area contributed by atoms with E-state index in [1.54, 1.807) is 0 Å². The van der Waals surface area contributed by atoms with Gasteiger partial charge in [0.15, 0.2) is 0 Å². The molecule has 0 aromatic heterocycles. The van der Waals surface area contributed by atoms with Crippen LogP contribution in [0, 0.1) is 0 Å². The smallest absolute Gasteiger partial charge is 0.290 e. The van der Waals surface area contributed by atoms with Crippen LogP contribution in [0.1, 0.15) is 19.3 Å². The van der Waals surface area contributed by atoms with Gasteiger partial charge in [-0.25, -0.2) is 4.57 Å². The van der Waals surface area contributed by atoms with E-state index in [0.717, 1.165) is 19.3 Å². The first-order valence-corrected chi connectivity index (χ1v) is 5.18. The normalized spacial score (nSPS) is 25.5. The van der Waals surface area contributed by atoms with E-state index in [-0.39, 0.29) is 0 Å². The topological polar surface area (TPSA) is 44.8 Å². The van der Waals surface area contributed by atoms with E-state index < -0.39 is 7.82 Å². The van der Waals surface area contributed by atoms with Gasteiger partial charge in [-0.3, -0.25) is 13.6 Å². The van der Waals surface area contributed by atoms with Gasteiger partial charge < -0.3 is 0 Å². The third-order valence-electron chi connectivity index (χ3n) is 1.51. The highest BCUT2D eigenvalue weighted by Gasteiger charge is 2.25. The lowest BCUT2D eigenvalue weighted by Crippen LogP contribution is -2.04. The third kappa shape index (κ3) is 2.91. The Labute approximate surface area is 66.4 Å². The zero-order chi connectivity index (χ0) is 8.16. The molecular weight excluding hydrogens is 167 g/mol. The molecule has 0 atom stereocenters. The van der Waals surface area contributed by atoms with E-state index >= 15 is 0 Å². The predicted molar refractivity (Wildman–Crippen MR) is 40.4 cm³/mol. The SMILES string of the molecule is COP1(=O)OCCCCCO1. The van der Waals surface area contributed by atoms with Crippen LogP contribution in [-0.2, 0) is 18.1 Å². The van der Waals surface area contributed by atoms with Crippen molar-refractivity contribution in [1.82, 2.24) is 0 Å². The van der Waals surface area contributed by atoms with Crippen LogP contribution in [0.15, 0.2) is 0 Å². The molecule has 11 heavy (non-hydrogen) atoms. The van der Waals surface area contributed by atoms with E-state index in [1.807, 2.05) is 0 Å². The summed E-state index contributed by atoms with van der Waals surface area (Å²) in [5.41, 5.74) is 0. The van der Waals surface area contributed by atoms with Crippen LogP contribution in [0.25, 0.3) is 0 Å². The number of hydrogen-bond acceptors (Lipinski definition) is 4. The van der Waals surface area contributed by atoms with Crippen LogP contribution in [0.5, 0.6) is 0 Å². The number of phosphoric ester groups is 1. The molecule has 0 aliphatic carbocycles. The molecule has 0 N–H and O–H groups in total. The summed E-state index contributed by atoms with van der Waals surface area (Å²) >= 11 is 0. The maximum absolute atomic E-state index is 11.3. The minimum absolute atomic E-state index is 0.463. The number of hydrogen-bond donors (Lipinski definition) is 0. The average Bonchev–Trinajstić information content (AvgIpc) is 1.98. The lowest BCUT2D eigenvalue weighted by molar-refractivity contribution is 0.115. The summed E-state index contributed by atoms with van der Waals surface area (Å²) in [6, 6.07) is 0. The standard InChI is InChI=1S/C6H13O4P/c1-8-11(7)9-5-3-2-4-6-10-11/h2-6H2,1H3. The second-order valence-electron chi connectivity index (χ2n) is 2.36. The van der Waals surface area contributed by atoms with Crippen LogP contribution < -0.4 is 0 Å². The Morgan fingerprint density at radius 1 is 1.18 bits per heavy atom. The van der Waals surface area contributed by atoms with E-state index in [4.69, 9.17) is 9.05 Å². The van der Waals surface area contributed by atoms with Gasteiger partial charge >= 0.3 is 7.82 Å². The summed E-state index contributed by atoms with van der Waals surface area (Å²) in [5.74, 6) is 0. The van der Waals surface area contributed by atoms with Crippen molar-refractivity contribution in [2.45, 2.75) is 19.3 Å². The van der Waals surface area contributed by atoms with Crippen molar-refractivity contribution in [2.75, 3.05) is 20.3 Å². The summed E-state index contributed by atoms with van der Waals surface area (Å²) in [6.45, 7) is 0.927. The monoisotopic (exact) mass is 180 g/mol. The molecule has 0 radical (unpaired) electrons. The Morgan fingerprint density at radius 2 is 1.73 bits per heavy atom. The first-order chi connectivity index (χ1) is 5.27. The predicted octanol–water partition coefficient (Wildman–Crippen LogP) is 1.96. The largest absolute Gasteiger partial charge is 0.474 e. The first kappa shape index (κ1) is 9.20. The van der Waals surface area contributed by atoms with E-state index in [2.05, 4.69) is 4.52 Å². The van der Waals surface area contributed by atoms with Crippen LogP contribution in [0.2, 0.25) is 0 Å². The second kappa shape index (κ2) is 4.21. The molecule has 1 heterocycles. The van der Waals surface area contributed by atoms with Crippen LogP contribution in [0.4, 0.5) is 0 Å². The molecule has 66 valence electrons. The second-order valence-corrected chi connectivity index (χ2v) is 4.13. The molecule has 1 aliphatic rings.